The van der Waals surface area contributed by atoms with Gasteiger partial charge in [-0.2, -0.15) is 0 Å². The molecule has 3 rings (SSSR count). The molecule has 1 N–H and O–H groups in total. The monoisotopic (exact) mass is 433 g/mol. The van der Waals surface area contributed by atoms with Crippen LogP contribution in [-0.2, 0) is 9.59 Å². The average molecular weight is 434 g/mol. The molecule has 0 spiro atoms. The van der Waals surface area contributed by atoms with Crippen LogP contribution in [0.2, 0.25) is 0 Å². The number of carbonyl (C=O) groups excluding carboxylic acids is 3. The predicted octanol–water partition coefficient (Wildman–Crippen LogP) is 3.37. The lowest BCUT2D eigenvalue weighted by Gasteiger charge is -2.20. The Morgan fingerprint density at radius 3 is 2.62 bits per heavy atom. The molecule has 0 aliphatic carbocycles. The van der Waals surface area contributed by atoms with E-state index in [0.29, 0.717) is 28.0 Å². The topological polar surface area (TPSA) is 97.3 Å². The molecular formula is C19H19N3O5S2. The molecule has 2 heterocycles. The van der Waals surface area contributed by atoms with Crippen LogP contribution in [0.25, 0.3) is 0 Å². The van der Waals surface area contributed by atoms with Gasteiger partial charge >= 0.3 is 5.97 Å². The van der Waals surface area contributed by atoms with E-state index >= 15 is 0 Å². The summed E-state index contributed by atoms with van der Waals surface area (Å²) in [5.74, 6) is -0.341. The van der Waals surface area contributed by atoms with Crippen LogP contribution < -0.4 is 14.8 Å². The lowest BCUT2D eigenvalue weighted by molar-refractivity contribution is -0.129. The highest BCUT2D eigenvalue weighted by Crippen LogP contribution is 2.41. The Labute approximate surface area is 175 Å². The van der Waals surface area contributed by atoms with Gasteiger partial charge in [0.05, 0.1) is 6.61 Å². The molecule has 1 aromatic heterocycles. The van der Waals surface area contributed by atoms with Crippen LogP contribution >= 0.6 is 23.1 Å². The Bertz CT molecular complexity index is 959. The van der Waals surface area contributed by atoms with Crippen molar-refractivity contribution in [2.75, 3.05) is 6.61 Å². The van der Waals surface area contributed by atoms with Crippen molar-refractivity contribution in [1.82, 2.24) is 10.3 Å². The van der Waals surface area contributed by atoms with E-state index in [4.69, 9.17) is 9.47 Å². The van der Waals surface area contributed by atoms with Crippen molar-refractivity contribution in [2.24, 2.45) is 5.10 Å². The molecule has 29 heavy (non-hydrogen) atoms. The summed E-state index contributed by atoms with van der Waals surface area (Å²) in [4.78, 5) is 36.1. The van der Waals surface area contributed by atoms with E-state index in [1.54, 1.807) is 35.7 Å². The number of amides is 2. The maximum Gasteiger partial charge on any atom is 0.353 e. The quantitative estimate of drug-likeness (QED) is 0.574. The summed E-state index contributed by atoms with van der Waals surface area (Å²) in [5, 5.41) is 9.72. The van der Waals surface area contributed by atoms with Crippen molar-refractivity contribution in [2.45, 2.75) is 26.1 Å². The minimum atomic E-state index is -0.476. The molecular weight excluding hydrogens is 414 g/mol. The summed E-state index contributed by atoms with van der Waals surface area (Å²) in [6.07, 6.45) is 0. The number of ether oxygens (including phenoxy) is 2. The maximum atomic E-state index is 12.3. The summed E-state index contributed by atoms with van der Waals surface area (Å²) in [6, 6.07) is 8.53. The molecule has 1 aliphatic rings. The normalized spacial score (nSPS) is 15.6. The van der Waals surface area contributed by atoms with Crippen LogP contribution in [-0.4, -0.2) is 34.6 Å². The molecule has 0 unspecified atom stereocenters. The summed E-state index contributed by atoms with van der Waals surface area (Å²) in [6.45, 7) is 4.96. The van der Waals surface area contributed by atoms with E-state index in [-0.39, 0.29) is 17.6 Å². The number of hydrogen-bond donors (Lipinski definition) is 1. The van der Waals surface area contributed by atoms with Crippen molar-refractivity contribution in [3.05, 3.63) is 46.2 Å². The number of nitrogens with zero attached hydrogens (tertiary/aromatic N) is 2. The Kier molecular flexibility index (Phi) is 6.55. The standard InChI is InChI=1S/C19H19N3O5S2/c1-4-26-15-10-13(7-8-14(15)27-18(25)16-6-5-9-28-16)17-22(12(3)24)21-19(29-17)20-11(2)23/h5-10,17H,4H2,1-3H3,(H,20,21,23)/t17-/m1/s1. The second-order valence-corrected chi connectivity index (χ2v) is 7.94. The second-order valence-electron chi connectivity index (χ2n) is 5.93. The largest absolute Gasteiger partial charge is 0.490 e. The van der Waals surface area contributed by atoms with Crippen LogP contribution in [0.3, 0.4) is 0 Å². The molecule has 0 saturated heterocycles. The van der Waals surface area contributed by atoms with E-state index in [2.05, 4.69) is 10.4 Å². The van der Waals surface area contributed by atoms with Gasteiger partial charge in [0.1, 0.15) is 10.3 Å². The zero-order chi connectivity index (χ0) is 21.0. The van der Waals surface area contributed by atoms with Crippen molar-refractivity contribution in [3.63, 3.8) is 0 Å². The number of benzene rings is 1. The third-order valence-corrected chi connectivity index (χ3v) is 5.68. The third kappa shape index (κ3) is 4.96. The van der Waals surface area contributed by atoms with Crippen molar-refractivity contribution in [1.29, 1.82) is 0 Å². The SMILES string of the molecule is CCOc1cc([C@H]2SC(NC(C)=O)=NN2C(C)=O)ccc1OC(=O)c1cccs1. The van der Waals surface area contributed by atoms with Gasteiger partial charge in [0.15, 0.2) is 16.7 Å². The van der Waals surface area contributed by atoms with Crippen molar-refractivity contribution in [3.8, 4) is 11.5 Å². The molecule has 1 aromatic carbocycles. The molecule has 0 bridgehead atoms. The van der Waals surface area contributed by atoms with Crippen LogP contribution in [0.1, 0.15) is 41.4 Å². The van der Waals surface area contributed by atoms with Gasteiger partial charge < -0.3 is 14.8 Å². The Balaban J connectivity index is 1.86. The van der Waals surface area contributed by atoms with E-state index in [1.165, 1.54) is 42.0 Å². The second kappa shape index (κ2) is 9.10. The van der Waals surface area contributed by atoms with Gasteiger partial charge in [-0.05, 0) is 36.1 Å². The van der Waals surface area contributed by atoms with Crippen molar-refractivity contribution >= 4 is 46.0 Å². The van der Waals surface area contributed by atoms with E-state index < -0.39 is 11.3 Å². The van der Waals surface area contributed by atoms with Crippen LogP contribution in [0.15, 0.2) is 40.8 Å². The molecule has 1 atom stereocenters. The Morgan fingerprint density at radius 1 is 1.21 bits per heavy atom. The minimum Gasteiger partial charge on any atom is -0.490 e. The molecule has 8 nitrogen and oxygen atoms in total. The summed E-state index contributed by atoms with van der Waals surface area (Å²) < 4.78 is 11.1. The molecule has 2 aromatic rings. The number of esters is 1. The number of rotatable bonds is 5. The number of amidine groups is 1. The first-order chi connectivity index (χ1) is 13.9. The van der Waals surface area contributed by atoms with Crippen LogP contribution in [0, 0.1) is 0 Å². The van der Waals surface area contributed by atoms with E-state index in [0.717, 1.165) is 0 Å². The number of nitrogens with one attached hydrogen (secondary N) is 1. The minimum absolute atomic E-state index is 0.269. The molecule has 0 fully saturated rings. The van der Waals surface area contributed by atoms with Crippen molar-refractivity contribution < 1.29 is 23.9 Å². The highest BCUT2D eigenvalue weighted by Gasteiger charge is 2.33. The number of thiophene rings is 1. The molecule has 1 aliphatic heterocycles. The first kappa shape index (κ1) is 20.9. The lowest BCUT2D eigenvalue weighted by Crippen LogP contribution is -2.25. The van der Waals surface area contributed by atoms with Gasteiger partial charge in [-0.25, -0.2) is 9.80 Å². The molecule has 0 saturated carbocycles. The first-order valence-corrected chi connectivity index (χ1v) is 10.5. The fourth-order valence-corrected chi connectivity index (χ4v) is 4.28. The summed E-state index contributed by atoms with van der Waals surface area (Å²) >= 11 is 2.52. The Morgan fingerprint density at radius 2 is 2.00 bits per heavy atom. The van der Waals surface area contributed by atoms with Crippen LogP contribution in [0.5, 0.6) is 11.5 Å². The van der Waals surface area contributed by atoms with Gasteiger partial charge in [-0.1, -0.05) is 23.9 Å². The number of carbonyl (C=O) groups is 3. The molecule has 2 amide bonds. The first-order valence-electron chi connectivity index (χ1n) is 8.74. The van der Waals surface area contributed by atoms with Gasteiger partial charge in [0, 0.05) is 13.8 Å². The summed E-state index contributed by atoms with van der Waals surface area (Å²) in [7, 11) is 0. The zero-order valence-corrected chi connectivity index (χ0v) is 17.6. The summed E-state index contributed by atoms with van der Waals surface area (Å²) in [5.41, 5.74) is 0.716. The zero-order valence-electron chi connectivity index (χ0n) is 16.0. The highest BCUT2D eigenvalue weighted by molar-refractivity contribution is 8.14. The van der Waals surface area contributed by atoms with E-state index in [9.17, 15) is 14.4 Å². The number of thioether (sulfide) groups is 1. The number of hydrazone groups is 1. The van der Waals surface area contributed by atoms with Gasteiger partial charge in [-0.15, -0.1) is 16.4 Å². The van der Waals surface area contributed by atoms with Gasteiger partial charge in [-0.3, -0.25) is 9.59 Å². The maximum absolute atomic E-state index is 12.3. The molecule has 0 radical (unpaired) electrons. The van der Waals surface area contributed by atoms with Crippen LogP contribution in [0.4, 0.5) is 0 Å². The lowest BCUT2D eigenvalue weighted by atomic mass is 10.2. The Hall–Kier alpha value is -2.85. The smallest absolute Gasteiger partial charge is 0.353 e. The number of hydrogen-bond acceptors (Lipinski definition) is 8. The fraction of sp³-hybridized carbons (Fsp3) is 0.263. The third-order valence-electron chi connectivity index (χ3n) is 3.73. The molecule has 10 heteroatoms. The molecule has 152 valence electrons. The van der Waals surface area contributed by atoms with Gasteiger partial charge in [0.2, 0.25) is 11.8 Å². The van der Waals surface area contributed by atoms with Gasteiger partial charge in [0.25, 0.3) is 0 Å². The average Bonchev–Trinajstić information content (AvgIpc) is 3.33. The fourth-order valence-electron chi connectivity index (χ4n) is 2.56. The highest BCUT2D eigenvalue weighted by atomic mass is 32.2. The predicted molar refractivity (Wildman–Crippen MR) is 111 cm³/mol. The van der Waals surface area contributed by atoms with E-state index in [1.807, 2.05) is 6.92 Å².